The molecule has 2 aromatic rings. The van der Waals surface area contributed by atoms with Crippen LogP contribution in [0.4, 0.5) is 0 Å². The Kier molecular flexibility index (Phi) is 4.98. The summed E-state index contributed by atoms with van der Waals surface area (Å²) in [4.78, 5) is 14.8. The lowest BCUT2D eigenvalue weighted by Crippen LogP contribution is -2.36. The smallest absolute Gasteiger partial charge is 0.251 e. The van der Waals surface area contributed by atoms with Gasteiger partial charge >= 0.3 is 0 Å². The van der Waals surface area contributed by atoms with Gasteiger partial charge in [-0.1, -0.05) is 6.07 Å². The Bertz CT molecular complexity index is 633. The number of hydrogen-bond donors (Lipinski definition) is 1. The van der Waals surface area contributed by atoms with Crippen molar-refractivity contribution in [3.8, 4) is 5.75 Å². The van der Waals surface area contributed by atoms with Gasteiger partial charge < -0.3 is 14.5 Å². The predicted octanol–water partition coefficient (Wildman–Crippen LogP) is 2.86. The Hall–Kier alpha value is -2.27. The van der Waals surface area contributed by atoms with E-state index in [1.54, 1.807) is 25.5 Å². The van der Waals surface area contributed by atoms with Crippen molar-refractivity contribution in [2.75, 3.05) is 26.7 Å². The zero-order valence-corrected chi connectivity index (χ0v) is 13.3. The molecule has 1 fully saturated rings. The third kappa shape index (κ3) is 3.74. The number of methoxy groups -OCH3 is 1. The van der Waals surface area contributed by atoms with Crippen molar-refractivity contribution in [1.82, 2.24) is 10.2 Å². The maximum atomic E-state index is 12.4. The number of carbonyl (C=O) groups excluding carboxylic acids is 1. The summed E-state index contributed by atoms with van der Waals surface area (Å²) < 4.78 is 10.7. The second-order valence-corrected chi connectivity index (χ2v) is 5.72. The normalized spacial score (nSPS) is 16.2. The largest absolute Gasteiger partial charge is 0.497 e. The van der Waals surface area contributed by atoms with Crippen molar-refractivity contribution in [3.05, 3.63) is 54.0 Å². The van der Waals surface area contributed by atoms with E-state index in [1.165, 1.54) is 12.8 Å². The molecule has 5 heteroatoms. The van der Waals surface area contributed by atoms with E-state index in [0.717, 1.165) is 18.8 Å². The molecule has 1 atom stereocenters. The van der Waals surface area contributed by atoms with Crippen molar-refractivity contribution in [2.45, 2.75) is 18.9 Å². The average Bonchev–Trinajstić information content (AvgIpc) is 3.29. The summed E-state index contributed by atoms with van der Waals surface area (Å²) in [6, 6.07) is 11.1. The van der Waals surface area contributed by atoms with Crippen molar-refractivity contribution in [3.63, 3.8) is 0 Å². The van der Waals surface area contributed by atoms with Gasteiger partial charge in [-0.2, -0.15) is 0 Å². The van der Waals surface area contributed by atoms with Gasteiger partial charge in [0, 0.05) is 12.1 Å². The highest BCUT2D eigenvalue weighted by Gasteiger charge is 2.26. The van der Waals surface area contributed by atoms with E-state index in [-0.39, 0.29) is 11.9 Å². The summed E-state index contributed by atoms with van der Waals surface area (Å²) >= 11 is 0. The van der Waals surface area contributed by atoms with Gasteiger partial charge in [-0.05, 0) is 56.3 Å². The monoisotopic (exact) mass is 314 g/mol. The maximum absolute atomic E-state index is 12.4. The van der Waals surface area contributed by atoms with E-state index in [4.69, 9.17) is 9.15 Å². The molecule has 1 saturated heterocycles. The van der Waals surface area contributed by atoms with Gasteiger partial charge in [0.05, 0.1) is 19.4 Å². The SMILES string of the molecule is COc1cccc(C(=O)NC[C@@H](c2ccco2)N2CCCC2)c1. The predicted molar refractivity (Wildman–Crippen MR) is 87.6 cm³/mol. The number of rotatable bonds is 6. The molecule has 1 amide bonds. The van der Waals surface area contributed by atoms with Crippen LogP contribution < -0.4 is 10.1 Å². The van der Waals surface area contributed by atoms with Crippen molar-refractivity contribution in [2.24, 2.45) is 0 Å². The summed E-state index contributed by atoms with van der Waals surface area (Å²) in [6.45, 7) is 2.62. The topological polar surface area (TPSA) is 54.7 Å². The van der Waals surface area contributed by atoms with Crippen LogP contribution in [0.2, 0.25) is 0 Å². The van der Waals surface area contributed by atoms with E-state index in [9.17, 15) is 4.79 Å². The maximum Gasteiger partial charge on any atom is 0.251 e. The fourth-order valence-corrected chi connectivity index (χ4v) is 3.00. The number of amides is 1. The van der Waals surface area contributed by atoms with Gasteiger partial charge in [-0.3, -0.25) is 9.69 Å². The second kappa shape index (κ2) is 7.33. The van der Waals surface area contributed by atoms with E-state index in [1.807, 2.05) is 24.3 Å². The minimum atomic E-state index is -0.0975. The Morgan fingerprint density at radius 1 is 1.30 bits per heavy atom. The van der Waals surface area contributed by atoms with Gasteiger partial charge in [-0.25, -0.2) is 0 Å². The lowest BCUT2D eigenvalue weighted by Gasteiger charge is -2.26. The first-order valence-electron chi connectivity index (χ1n) is 7.97. The number of ether oxygens (including phenoxy) is 1. The molecular formula is C18H22N2O3. The van der Waals surface area contributed by atoms with Crippen molar-refractivity contribution >= 4 is 5.91 Å². The highest BCUT2D eigenvalue weighted by atomic mass is 16.5. The Labute approximate surface area is 136 Å². The van der Waals surface area contributed by atoms with Crippen LogP contribution in [0.5, 0.6) is 5.75 Å². The van der Waals surface area contributed by atoms with Crippen molar-refractivity contribution in [1.29, 1.82) is 0 Å². The highest BCUT2D eigenvalue weighted by Crippen LogP contribution is 2.25. The molecule has 0 unspecified atom stereocenters. The summed E-state index contributed by atoms with van der Waals surface area (Å²) in [6.07, 6.45) is 4.07. The van der Waals surface area contributed by atoms with Gasteiger partial charge in [0.15, 0.2) is 0 Å². The average molecular weight is 314 g/mol. The molecule has 2 heterocycles. The van der Waals surface area contributed by atoms with Crippen LogP contribution in [0.15, 0.2) is 47.1 Å². The molecule has 1 N–H and O–H groups in total. The molecular weight excluding hydrogens is 292 g/mol. The number of carbonyl (C=O) groups is 1. The van der Waals surface area contributed by atoms with Gasteiger partial charge in [0.1, 0.15) is 11.5 Å². The lowest BCUT2D eigenvalue weighted by molar-refractivity contribution is 0.0933. The molecule has 122 valence electrons. The molecule has 1 aromatic carbocycles. The van der Waals surface area contributed by atoms with E-state index in [2.05, 4.69) is 10.2 Å². The van der Waals surface area contributed by atoms with E-state index in [0.29, 0.717) is 17.9 Å². The first-order valence-corrected chi connectivity index (χ1v) is 7.97. The number of nitrogens with one attached hydrogen (secondary N) is 1. The van der Waals surface area contributed by atoms with Crippen LogP contribution in [-0.2, 0) is 0 Å². The number of hydrogen-bond acceptors (Lipinski definition) is 4. The van der Waals surface area contributed by atoms with Gasteiger partial charge in [-0.15, -0.1) is 0 Å². The molecule has 0 aliphatic carbocycles. The van der Waals surface area contributed by atoms with Crippen LogP contribution in [-0.4, -0.2) is 37.6 Å². The second-order valence-electron chi connectivity index (χ2n) is 5.72. The summed E-state index contributed by atoms with van der Waals surface area (Å²) in [5, 5.41) is 3.02. The number of likely N-dealkylation sites (tertiary alicyclic amines) is 1. The Morgan fingerprint density at radius 2 is 2.13 bits per heavy atom. The third-order valence-electron chi connectivity index (χ3n) is 4.24. The zero-order chi connectivity index (χ0) is 16.1. The van der Waals surface area contributed by atoms with Crippen LogP contribution in [0.1, 0.15) is 35.0 Å². The summed E-state index contributed by atoms with van der Waals surface area (Å²) in [5.41, 5.74) is 0.601. The number of nitrogens with zero attached hydrogens (tertiary/aromatic N) is 1. The van der Waals surface area contributed by atoms with E-state index >= 15 is 0 Å². The molecule has 3 rings (SSSR count). The fourth-order valence-electron chi connectivity index (χ4n) is 3.00. The number of furan rings is 1. The van der Waals surface area contributed by atoms with Crippen LogP contribution in [0.25, 0.3) is 0 Å². The lowest BCUT2D eigenvalue weighted by atomic mass is 10.1. The Balaban J connectivity index is 1.67. The quantitative estimate of drug-likeness (QED) is 0.891. The molecule has 5 nitrogen and oxygen atoms in total. The molecule has 23 heavy (non-hydrogen) atoms. The van der Waals surface area contributed by atoms with E-state index < -0.39 is 0 Å². The number of benzene rings is 1. The molecule has 0 radical (unpaired) electrons. The molecule has 1 aromatic heterocycles. The Morgan fingerprint density at radius 3 is 2.83 bits per heavy atom. The van der Waals surface area contributed by atoms with Crippen LogP contribution in [0.3, 0.4) is 0 Å². The molecule has 1 aliphatic heterocycles. The molecule has 0 bridgehead atoms. The summed E-state index contributed by atoms with van der Waals surface area (Å²) in [7, 11) is 1.59. The van der Waals surface area contributed by atoms with Gasteiger partial charge in [0.2, 0.25) is 0 Å². The first kappa shape index (κ1) is 15.6. The minimum absolute atomic E-state index is 0.0852. The van der Waals surface area contributed by atoms with Crippen molar-refractivity contribution < 1.29 is 13.9 Å². The summed E-state index contributed by atoms with van der Waals surface area (Å²) in [5.74, 6) is 1.48. The fraction of sp³-hybridized carbons (Fsp3) is 0.389. The third-order valence-corrected chi connectivity index (χ3v) is 4.24. The van der Waals surface area contributed by atoms with Gasteiger partial charge in [0.25, 0.3) is 5.91 Å². The highest BCUT2D eigenvalue weighted by molar-refractivity contribution is 5.94. The first-order chi connectivity index (χ1) is 11.3. The van der Waals surface area contributed by atoms with Crippen LogP contribution >= 0.6 is 0 Å². The molecule has 0 spiro atoms. The minimum Gasteiger partial charge on any atom is -0.497 e. The molecule has 1 aliphatic rings. The van der Waals surface area contributed by atoms with Crippen LogP contribution in [0, 0.1) is 0 Å². The zero-order valence-electron chi connectivity index (χ0n) is 13.3. The standard InChI is InChI=1S/C18H22N2O3/c1-22-15-7-4-6-14(12-15)18(21)19-13-16(17-8-5-11-23-17)20-9-2-3-10-20/h4-8,11-12,16H,2-3,9-10,13H2,1H3,(H,19,21)/t16-/m0/s1. The molecule has 0 saturated carbocycles.